The molecule has 0 saturated heterocycles. The number of aromatic nitrogens is 2. The Balaban J connectivity index is 1.81. The van der Waals surface area contributed by atoms with Gasteiger partial charge in [0.25, 0.3) is 0 Å². The molecule has 1 heterocycles. The number of benzene rings is 3. The second-order valence-corrected chi connectivity index (χ2v) is 6.77. The maximum absolute atomic E-state index is 11.1. The number of fused-ring (bicyclic) bond motifs is 1. The van der Waals surface area contributed by atoms with E-state index < -0.39 is 5.97 Å². The van der Waals surface area contributed by atoms with Gasteiger partial charge < -0.3 is 10.4 Å². The van der Waals surface area contributed by atoms with Crippen LogP contribution in [0, 0.1) is 13.8 Å². The van der Waals surface area contributed by atoms with Crippen molar-refractivity contribution in [3.63, 3.8) is 0 Å². The van der Waals surface area contributed by atoms with Crippen LogP contribution >= 0.6 is 0 Å². The zero-order valence-corrected chi connectivity index (χ0v) is 15.6. The molecule has 0 amide bonds. The molecule has 2 N–H and O–H groups in total. The van der Waals surface area contributed by atoms with Gasteiger partial charge in [-0.15, -0.1) is 10.2 Å². The molecule has 28 heavy (non-hydrogen) atoms. The highest BCUT2D eigenvalue weighted by Crippen LogP contribution is 2.32. The Bertz CT molecular complexity index is 1180. The van der Waals surface area contributed by atoms with Crippen molar-refractivity contribution in [2.75, 3.05) is 5.32 Å². The van der Waals surface area contributed by atoms with E-state index in [9.17, 15) is 4.79 Å². The minimum absolute atomic E-state index is 0.245. The lowest BCUT2D eigenvalue weighted by molar-refractivity contribution is 0.0697. The molecule has 5 nitrogen and oxygen atoms in total. The van der Waals surface area contributed by atoms with Crippen LogP contribution in [0.15, 0.2) is 66.7 Å². The molecule has 0 fully saturated rings. The van der Waals surface area contributed by atoms with Gasteiger partial charge in [0.15, 0.2) is 5.82 Å². The molecule has 3 aromatic carbocycles. The summed E-state index contributed by atoms with van der Waals surface area (Å²) in [6, 6.07) is 20.9. The van der Waals surface area contributed by atoms with Crippen molar-refractivity contribution >= 4 is 28.2 Å². The number of nitrogens with zero attached hydrogens (tertiary/aromatic N) is 2. The summed E-state index contributed by atoms with van der Waals surface area (Å²) in [5, 5.41) is 23.3. The Morgan fingerprint density at radius 3 is 2.32 bits per heavy atom. The van der Waals surface area contributed by atoms with Gasteiger partial charge in [-0.3, -0.25) is 0 Å². The van der Waals surface area contributed by atoms with Crippen LogP contribution in [0.3, 0.4) is 0 Å². The third-order valence-corrected chi connectivity index (χ3v) is 4.74. The average Bonchev–Trinajstić information content (AvgIpc) is 2.71. The number of carboxylic acid groups (broad SMARTS) is 1. The highest BCUT2D eigenvalue weighted by Gasteiger charge is 2.12. The molecular weight excluding hydrogens is 350 g/mol. The van der Waals surface area contributed by atoms with Crippen molar-refractivity contribution in [1.29, 1.82) is 0 Å². The minimum Gasteiger partial charge on any atom is -0.478 e. The Labute approximate surface area is 162 Å². The molecular formula is C23H19N3O2. The number of nitrogens with one attached hydrogen (secondary N) is 1. The maximum Gasteiger partial charge on any atom is 0.335 e. The summed E-state index contributed by atoms with van der Waals surface area (Å²) >= 11 is 0. The zero-order chi connectivity index (χ0) is 19.7. The van der Waals surface area contributed by atoms with Gasteiger partial charge in [0, 0.05) is 22.0 Å². The van der Waals surface area contributed by atoms with Crippen LogP contribution in [0.5, 0.6) is 0 Å². The van der Waals surface area contributed by atoms with E-state index in [1.807, 2.05) is 24.3 Å². The Kier molecular flexibility index (Phi) is 4.49. The summed E-state index contributed by atoms with van der Waals surface area (Å²) in [6.45, 7) is 4.11. The third kappa shape index (κ3) is 3.30. The van der Waals surface area contributed by atoms with Crippen molar-refractivity contribution < 1.29 is 9.90 Å². The van der Waals surface area contributed by atoms with Gasteiger partial charge in [-0.1, -0.05) is 48.5 Å². The molecule has 0 radical (unpaired) electrons. The third-order valence-electron chi connectivity index (χ3n) is 4.74. The standard InChI is InChI=1S/C23H19N3O2/c1-14-7-8-15(2)20(13-14)24-22-19-6-4-3-5-18(19)21(25-26-22)16-9-11-17(12-10-16)23(27)28/h3-13H,1-2H3,(H,24,26)(H,27,28). The molecule has 0 aliphatic heterocycles. The van der Waals surface area contributed by atoms with Crippen LogP contribution in [0.4, 0.5) is 11.5 Å². The maximum atomic E-state index is 11.1. The van der Waals surface area contributed by atoms with Crippen LogP contribution in [0.2, 0.25) is 0 Å². The Morgan fingerprint density at radius 2 is 1.61 bits per heavy atom. The SMILES string of the molecule is Cc1ccc(C)c(Nc2nnc(-c3ccc(C(=O)O)cc3)c3ccccc23)c1. The minimum atomic E-state index is -0.949. The summed E-state index contributed by atoms with van der Waals surface area (Å²) in [4.78, 5) is 11.1. The molecule has 4 aromatic rings. The van der Waals surface area contributed by atoms with Crippen LogP contribution in [0.1, 0.15) is 21.5 Å². The number of carboxylic acids is 1. The smallest absolute Gasteiger partial charge is 0.335 e. The first-order valence-corrected chi connectivity index (χ1v) is 8.96. The second kappa shape index (κ2) is 7.12. The summed E-state index contributed by atoms with van der Waals surface area (Å²) in [5.41, 5.74) is 5.09. The highest BCUT2D eigenvalue weighted by atomic mass is 16.4. The first kappa shape index (κ1) is 17.7. The van der Waals surface area contributed by atoms with Gasteiger partial charge >= 0.3 is 5.97 Å². The van der Waals surface area contributed by atoms with E-state index in [-0.39, 0.29) is 5.56 Å². The fourth-order valence-corrected chi connectivity index (χ4v) is 3.18. The van der Waals surface area contributed by atoms with E-state index in [1.165, 1.54) is 5.56 Å². The van der Waals surface area contributed by atoms with E-state index in [2.05, 4.69) is 47.6 Å². The number of aromatic carboxylic acids is 1. The lowest BCUT2D eigenvalue weighted by atomic mass is 10.0. The van der Waals surface area contributed by atoms with E-state index in [0.717, 1.165) is 33.3 Å². The number of carbonyl (C=O) groups is 1. The molecule has 0 spiro atoms. The lowest BCUT2D eigenvalue weighted by Gasteiger charge is -2.13. The quantitative estimate of drug-likeness (QED) is 0.507. The predicted molar refractivity (Wildman–Crippen MR) is 111 cm³/mol. The number of hydrogen-bond donors (Lipinski definition) is 2. The average molecular weight is 369 g/mol. The van der Waals surface area contributed by atoms with E-state index in [4.69, 9.17) is 5.11 Å². The normalized spacial score (nSPS) is 10.8. The molecule has 4 rings (SSSR count). The predicted octanol–water partition coefficient (Wildman–Crippen LogP) is 5.36. The van der Waals surface area contributed by atoms with Gasteiger partial charge in [0.2, 0.25) is 0 Å². The van der Waals surface area contributed by atoms with Crippen LogP contribution in [-0.4, -0.2) is 21.3 Å². The van der Waals surface area contributed by atoms with Crippen molar-refractivity contribution in [2.45, 2.75) is 13.8 Å². The first-order valence-electron chi connectivity index (χ1n) is 8.96. The fraction of sp³-hybridized carbons (Fsp3) is 0.0870. The van der Waals surface area contributed by atoms with Crippen LogP contribution in [-0.2, 0) is 0 Å². The van der Waals surface area contributed by atoms with Crippen molar-refractivity contribution in [1.82, 2.24) is 10.2 Å². The molecule has 5 heteroatoms. The molecule has 0 bridgehead atoms. The lowest BCUT2D eigenvalue weighted by Crippen LogP contribution is -2.01. The molecule has 1 aromatic heterocycles. The monoisotopic (exact) mass is 369 g/mol. The Hall–Kier alpha value is -3.73. The van der Waals surface area contributed by atoms with E-state index in [0.29, 0.717) is 5.82 Å². The van der Waals surface area contributed by atoms with Crippen molar-refractivity contribution in [3.8, 4) is 11.3 Å². The van der Waals surface area contributed by atoms with Gasteiger partial charge in [-0.25, -0.2) is 4.79 Å². The second-order valence-electron chi connectivity index (χ2n) is 6.77. The largest absolute Gasteiger partial charge is 0.478 e. The highest BCUT2D eigenvalue weighted by molar-refractivity contribution is 6.01. The number of anilines is 2. The van der Waals surface area contributed by atoms with Gasteiger partial charge in [-0.05, 0) is 43.2 Å². The molecule has 0 atom stereocenters. The fourth-order valence-electron chi connectivity index (χ4n) is 3.18. The van der Waals surface area contributed by atoms with Gasteiger partial charge in [-0.2, -0.15) is 0 Å². The van der Waals surface area contributed by atoms with Crippen LogP contribution < -0.4 is 5.32 Å². The van der Waals surface area contributed by atoms with Crippen molar-refractivity contribution in [3.05, 3.63) is 83.4 Å². The summed E-state index contributed by atoms with van der Waals surface area (Å²) in [6.07, 6.45) is 0. The summed E-state index contributed by atoms with van der Waals surface area (Å²) in [7, 11) is 0. The summed E-state index contributed by atoms with van der Waals surface area (Å²) in [5.74, 6) is -0.259. The molecule has 138 valence electrons. The zero-order valence-electron chi connectivity index (χ0n) is 15.6. The van der Waals surface area contributed by atoms with Gasteiger partial charge in [0.1, 0.15) is 5.69 Å². The van der Waals surface area contributed by atoms with Crippen LogP contribution in [0.25, 0.3) is 22.0 Å². The Morgan fingerprint density at radius 1 is 0.893 bits per heavy atom. The van der Waals surface area contributed by atoms with Gasteiger partial charge in [0.05, 0.1) is 5.56 Å². The number of rotatable bonds is 4. The molecule has 0 aliphatic rings. The van der Waals surface area contributed by atoms with E-state index in [1.54, 1.807) is 24.3 Å². The molecule has 0 unspecified atom stereocenters. The van der Waals surface area contributed by atoms with Crippen molar-refractivity contribution in [2.24, 2.45) is 0 Å². The van der Waals surface area contributed by atoms with E-state index >= 15 is 0 Å². The number of aryl methyl sites for hydroxylation is 2. The first-order chi connectivity index (χ1) is 13.5. The summed E-state index contributed by atoms with van der Waals surface area (Å²) < 4.78 is 0. The molecule has 0 aliphatic carbocycles. The number of hydrogen-bond acceptors (Lipinski definition) is 4. The molecule has 0 saturated carbocycles. The topological polar surface area (TPSA) is 75.1 Å².